The molecule has 0 spiro atoms. The van der Waals surface area contributed by atoms with Gasteiger partial charge >= 0.3 is 0 Å². The van der Waals surface area contributed by atoms with Gasteiger partial charge in [0.1, 0.15) is 5.52 Å². The fraction of sp³-hybridized carbons (Fsp3) is 0.0476. The number of halogens is 1. The minimum atomic E-state index is -0.480. The average Bonchev–Trinajstić information content (AvgIpc) is 3.11. The summed E-state index contributed by atoms with van der Waals surface area (Å²) < 4.78 is 5.76. The van der Waals surface area contributed by atoms with Crippen LogP contribution in [0.25, 0.3) is 22.6 Å². The second-order valence-corrected chi connectivity index (χ2v) is 6.80. The molecule has 0 bridgehead atoms. The molecule has 7 nitrogen and oxygen atoms in total. The van der Waals surface area contributed by atoms with Gasteiger partial charge in [-0.2, -0.15) is 0 Å². The van der Waals surface area contributed by atoms with Gasteiger partial charge in [-0.25, -0.2) is 4.98 Å². The molecule has 0 aliphatic heterocycles. The molecule has 0 saturated heterocycles. The highest BCUT2D eigenvalue weighted by Gasteiger charge is 2.15. The molecular formula is C21H14ClN3O4. The summed E-state index contributed by atoms with van der Waals surface area (Å²) in [6.07, 6.45) is 0. The highest BCUT2D eigenvalue weighted by atomic mass is 35.5. The Labute approximate surface area is 170 Å². The Hall–Kier alpha value is -3.71. The molecule has 0 fully saturated rings. The van der Waals surface area contributed by atoms with Gasteiger partial charge in [0.25, 0.3) is 11.6 Å². The second kappa shape index (κ2) is 7.37. The summed E-state index contributed by atoms with van der Waals surface area (Å²) in [7, 11) is 0. The van der Waals surface area contributed by atoms with Crippen molar-refractivity contribution in [1.29, 1.82) is 0 Å². The average molecular weight is 408 g/mol. The summed E-state index contributed by atoms with van der Waals surface area (Å²) >= 11 is 6.20. The fourth-order valence-corrected chi connectivity index (χ4v) is 3.18. The van der Waals surface area contributed by atoms with E-state index in [4.69, 9.17) is 16.0 Å². The Bertz CT molecular complexity index is 1270. The van der Waals surface area contributed by atoms with E-state index in [0.29, 0.717) is 44.4 Å². The number of nitro benzene ring substituents is 1. The number of nitro groups is 1. The molecular weight excluding hydrogens is 394 g/mol. The van der Waals surface area contributed by atoms with E-state index in [1.807, 2.05) is 18.2 Å². The van der Waals surface area contributed by atoms with Crippen LogP contribution in [0.15, 0.2) is 65.1 Å². The number of amides is 1. The molecule has 0 atom stereocenters. The van der Waals surface area contributed by atoms with E-state index in [9.17, 15) is 14.9 Å². The molecule has 0 saturated carbocycles. The zero-order valence-electron chi connectivity index (χ0n) is 15.2. The van der Waals surface area contributed by atoms with E-state index in [2.05, 4.69) is 10.3 Å². The molecule has 3 aromatic carbocycles. The monoisotopic (exact) mass is 407 g/mol. The van der Waals surface area contributed by atoms with Gasteiger partial charge in [0.2, 0.25) is 5.89 Å². The fourth-order valence-electron chi connectivity index (χ4n) is 2.96. The van der Waals surface area contributed by atoms with Crippen LogP contribution in [0.3, 0.4) is 0 Å². The molecule has 4 rings (SSSR count). The lowest BCUT2D eigenvalue weighted by Gasteiger charge is -2.06. The summed E-state index contributed by atoms with van der Waals surface area (Å²) in [5.41, 5.74) is 3.04. The van der Waals surface area contributed by atoms with Gasteiger partial charge in [-0.1, -0.05) is 23.7 Å². The first-order chi connectivity index (χ1) is 13.9. The lowest BCUT2D eigenvalue weighted by atomic mass is 10.1. The topological polar surface area (TPSA) is 98.3 Å². The summed E-state index contributed by atoms with van der Waals surface area (Å²) in [6.45, 7) is 1.59. The number of carbonyl (C=O) groups is 1. The van der Waals surface area contributed by atoms with Gasteiger partial charge in [-0.3, -0.25) is 14.9 Å². The Morgan fingerprint density at radius 3 is 2.66 bits per heavy atom. The highest BCUT2D eigenvalue weighted by Crippen LogP contribution is 2.30. The second-order valence-electron chi connectivity index (χ2n) is 6.39. The molecule has 0 aliphatic carbocycles. The van der Waals surface area contributed by atoms with Gasteiger partial charge in [0.05, 0.1) is 15.5 Å². The summed E-state index contributed by atoms with van der Waals surface area (Å²) in [4.78, 5) is 27.4. The van der Waals surface area contributed by atoms with E-state index in [-0.39, 0.29) is 11.6 Å². The predicted octanol–water partition coefficient (Wildman–Crippen LogP) is 5.62. The Morgan fingerprint density at radius 2 is 1.93 bits per heavy atom. The first kappa shape index (κ1) is 18.6. The number of nitrogens with one attached hydrogen (secondary N) is 1. The van der Waals surface area contributed by atoms with Crippen LogP contribution in [0.2, 0.25) is 5.02 Å². The van der Waals surface area contributed by atoms with Crippen LogP contribution in [0.1, 0.15) is 15.9 Å². The number of anilines is 1. The molecule has 1 aromatic heterocycles. The van der Waals surface area contributed by atoms with Crippen LogP contribution >= 0.6 is 11.6 Å². The minimum Gasteiger partial charge on any atom is -0.436 e. The number of nitrogens with zero attached hydrogens (tertiary/aromatic N) is 2. The number of benzene rings is 3. The molecule has 29 heavy (non-hydrogen) atoms. The maximum Gasteiger partial charge on any atom is 0.272 e. The molecule has 8 heteroatoms. The molecule has 0 unspecified atom stereocenters. The third-order valence-electron chi connectivity index (χ3n) is 4.41. The Balaban J connectivity index is 1.60. The van der Waals surface area contributed by atoms with E-state index < -0.39 is 4.92 Å². The maximum absolute atomic E-state index is 12.5. The quantitative estimate of drug-likeness (QED) is 0.350. The van der Waals surface area contributed by atoms with E-state index in [0.717, 1.165) is 0 Å². The molecule has 0 radical (unpaired) electrons. The standard InChI is InChI=1S/C21H14ClN3O4/c1-12-10-13(6-8-18(12)25(27)28)20(26)23-14-7-9-19-17(11-14)24-21(29-19)15-4-2-3-5-16(15)22/h2-11H,1H3,(H,23,26). The van der Waals surface area contributed by atoms with Crippen LogP contribution in [0.5, 0.6) is 0 Å². The Kier molecular flexibility index (Phi) is 4.74. The van der Waals surface area contributed by atoms with Crippen molar-refractivity contribution in [1.82, 2.24) is 4.98 Å². The summed E-state index contributed by atoms with van der Waals surface area (Å²) in [6, 6.07) is 16.5. The van der Waals surface area contributed by atoms with Crippen molar-refractivity contribution in [3.8, 4) is 11.5 Å². The van der Waals surface area contributed by atoms with E-state index in [1.165, 1.54) is 18.2 Å². The maximum atomic E-state index is 12.5. The number of rotatable bonds is 4. The normalized spacial score (nSPS) is 10.8. The Morgan fingerprint density at radius 1 is 1.14 bits per heavy atom. The number of fused-ring (bicyclic) bond motifs is 1. The van der Waals surface area contributed by atoms with Crippen molar-refractivity contribution in [3.63, 3.8) is 0 Å². The lowest BCUT2D eigenvalue weighted by Crippen LogP contribution is -2.12. The zero-order valence-corrected chi connectivity index (χ0v) is 15.9. The predicted molar refractivity (Wildman–Crippen MR) is 110 cm³/mol. The number of oxazole rings is 1. The van der Waals surface area contributed by atoms with Crippen LogP contribution < -0.4 is 5.32 Å². The van der Waals surface area contributed by atoms with Crippen molar-refractivity contribution in [2.45, 2.75) is 6.92 Å². The third kappa shape index (κ3) is 3.68. The molecule has 1 heterocycles. The first-order valence-electron chi connectivity index (χ1n) is 8.64. The minimum absolute atomic E-state index is 0.0299. The molecule has 4 aromatic rings. The van der Waals surface area contributed by atoms with Crippen molar-refractivity contribution in [2.24, 2.45) is 0 Å². The van der Waals surface area contributed by atoms with Gasteiger partial charge in [0, 0.05) is 22.9 Å². The molecule has 144 valence electrons. The van der Waals surface area contributed by atoms with Gasteiger partial charge in [-0.05, 0) is 49.4 Å². The van der Waals surface area contributed by atoms with Gasteiger partial charge in [0.15, 0.2) is 5.58 Å². The summed E-state index contributed by atoms with van der Waals surface area (Å²) in [5.74, 6) is 0.0113. The lowest BCUT2D eigenvalue weighted by molar-refractivity contribution is -0.385. The van der Waals surface area contributed by atoms with Crippen molar-refractivity contribution in [2.75, 3.05) is 5.32 Å². The zero-order chi connectivity index (χ0) is 20.5. The van der Waals surface area contributed by atoms with Crippen LogP contribution in [-0.4, -0.2) is 15.8 Å². The highest BCUT2D eigenvalue weighted by molar-refractivity contribution is 6.33. The van der Waals surface area contributed by atoms with E-state index in [1.54, 1.807) is 31.2 Å². The van der Waals surface area contributed by atoms with Gasteiger partial charge < -0.3 is 9.73 Å². The molecule has 0 aliphatic rings. The molecule has 1 N–H and O–H groups in total. The third-order valence-corrected chi connectivity index (χ3v) is 4.73. The summed E-state index contributed by atoms with van der Waals surface area (Å²) in [5, 5.41) is 14.2. The SMILES string of the molecule is Cc1cc(C(=O)Nc2ccc3oc(-c4ccccc4Cl)nc3c2)ccc1[N+](=O)[O-]. The van der Waals surface area contributed by atoms with Gasteiger partial charge in [-0.15, -0.1) is 0 Å². The van der Waals surface area contributed by atoms with Crippen LogP contribution in [0.4, 0.5) is 11.4 Å². The van der Waals surface area contributed by atoms with Crippen molar-refractivity contribution >= 4 is 40.0 Å². The number of aryl methyl sites for hydroxylation is 1. The molecule has 1 amide bonds. The number of hydrogen-bond acceptors (Lipinski definition) is 5. The number of aromatic nitrogens is 1. The van der Waals surface area contributed by atoms with Crippen LogP contribution in [-0.2, 0) is 0 Å². The van der Waals surface area contributed by atoms with E-state index >= 15 is 0 Å². The smallest absolute Gasteiger partial charge is 0.272 e. The van der Waals surface area contributed by atoms with Crippen molar-refractivity contribution < 1.29 is 14.1 Å². The largest absolute Gasteiger partial charge is 0.436 e. The van der Waals surface area contributed by atoms with Crippen molar-refractivity contribution in [3.05, 3.63) is 86.9 Å². The number of carbonyl (C=O) groups excluding carboxylic acids is 1. The number of hydrogen-bond donors (Lipinski definition) is 1. The van der Waals surface area contributed by atoms with Crippen LogP contribution in [0, 0.1) is 17.0 Å². The first-order valence-corrected chi connectivity index (χ1v) is 9.02.